The van der Waals surface area contributed by atoms with Crippen LogP contribution in [0, 0.1) is 0 Å². The summed E-state index contributed by atoms with van der Waals surface area (Å²) in [5.41, 5.74) is 2.47. The predicted octanol–water partition coefficient (Wildman–Crippen LogP) is 5.53. The van der Waals surface area contributed by atoms with Crippen LogP contribution in [0.5, 0.6) is 11.5 Å². The highest BCUT2D eigenvalue weighted by atomic mass is 35.5. The molecule has 32 heavy (non-hydrogen) atoms. The molecular formula is C26H32Cl2N2O2. The minimum atomic E-state index is 0. The van der Waals surface area contributed by atoms with Gasteiger partial charge in [0.1, 0.15) is 11.5 Å². The standard InChI is InChI=1S/C26H30N2O2.2ClH/c1-29-23-10-5-7-21(19-23)8-6-14-27-15-17-28(18-16-27)20-25-24-11-4-3-9-22(24)12-13-26(25)30-2;;/h3-13,19H,14-18,20H2,1-2H3;2*1H/b8-6+;;. The molecule has 3 aromatic carbocycles. The molecule has 0 aliphatic carbocycles. The van der Waals surface area contributed by atoms with Gasteiger partial charge in [-0.25, -0.2) is 0 Å². The quantitative estimate of drug-likeness (QED) is 0.449. The zero-order valence-corrected chi connectivity index (χ0v) is 20.3. The SMILES string of the molecule is COc1cccc(/C=C/CN2CCN(Cc3c(OC)ccc4ccccc34)CC2)c1.Cl.Cl. The van der Waals surface area contributed by atoms with Gasteiger partial charge in [-0.1, -0.05) is 54.6 Å². The number of hydrogen-bond acceptors (Lipinski definition) is 4. The summed E-state index contributed by atoms with van der Waals surface area (Å²) in [5.74, 6) is 1.88. The number of nitrogens with zero attached hydrogens (tertiary/aromatic N) is 2. The molecule has 1 aliphatic heterocycles. The molecule has 0 aromatic heterocycles. The lowest BCUT2D eigenvalue weighted by atomic mass is 10.0. The van der Waals surface area contributed by atoms with E-state index < -0.39 is 0 Å². The van der Waals surface area contributed by atoms with Gasteiger partial charge in [-0.15, -0.1) is 24.8 Å². The van der Waals surface area contributed by atoms with Crippen molar-refractivity contribution >= 4 is 41.7 Å². The lowest BCUT2D eigenvalue weighted by molar-refractivity contribution is 0.136. The van der Waals surface area contributed by atoms with Crippen LogP contribution in [0.3, 0.4) is 0 Å². The summed E-state index contributed by atoms with van der Waals surface area (Å²) in [4.78, 5) is 5.04. The van der Waals surface area contributed by atoms with Crippen molar-refractivity contribution in [3.05, 3.63) is 77.9 Å². The predicted molar refractivity (Wildman–Crippen MR) is 139 cm³/mol. The van der Waals surface area contributed by atoms with Gasteiger partial charge in [-0.3, -0.25) is 9.80 Å². The molecule has 0 spiro atoms. The molecule has 1 fully saturated rings. The number of ether oxygens (including phenoxy) is 2. The molecule has 172 valence electrons. The number of rotatable bonds is 7. The van der Waals surface area contributed by atoms with E-state index >= 15 is 0 Å². The van der Waals surface area contributed by atoms with E-state index in [0.717, 1.165) is 50.8 Å². The van der Waals surface area contributed by atoms with Crippen LogP contribution in [0.15, 0.2) is 66.7 Å². The van der Waals surface area contributed by atoms with E-state index in [0.29, 0.717) is 0 Å². The minimum absolute atomic E-state index is 0. The van der Waals surface area contributed by atoms with Crippen LogP contribution in [-0.4, -0.2) is 56.7 Å². The highest BCUT2D eigenvalue weighted by Crippen LogP contribution is 2.29. The molecule has 0 unspecified atom stereocenters. The molecule has 0 saturated carbocycles. The fourth-order valence-electron chi connectivity index (χ4n) is 4.11. The second kappa shape index (κ2) is 12.7. The maximum absolute atomic E-state index is 5.67. The third-order valence-electron chi connectivity index (χ3n) is 5.83. The van der Waals surface area contributed by atoms with Gasteiger partial charge in [0.2, 0.25) is 0 Å². The third-order valence-corrected chi connectivity index (χ3v) is 5.83. The van der Waals surface area contributed by atoms with E-state index in [-0.39, 0.29) is 24.8 Å². The Labute approximate surface area is 203 Å². The van der Waals surface area contributed by atoms with Gasteiger partial charge in [0.15, 0.2) is 0 Å². The molecule has 1 heterocycles. The highest BCUT2D eigenvalue weighted by molar-refractivity contribution is 5.87. The normalized spacial score (nSPS) is 14.7. The van der Waals surface area contributed by atoms with Crippen molar-refractivity contribution in [2.24, 2.45) is 0 Å². The van der Waals surface area contributed by atoms with E-state index in [1.807, 2.05) is 12.1 Å². The van der Waals surface area contributed by atoms with Crippen LogP contribution in [0.2, 0.25) is 0 Å². The Hall–Kier alpha value is -2.24. The Kier molecular flexibility index (Phi) is 10.3. The second-order valence-electron chi connectivity index (χ2n) is 7.72. The summed E-state index contributed by atoms with van der Waals surface area (Å²) < 4.78 is 11.0. The van der Waals surface area contributed by atoms with E-state index in [9.17, 15) is 0 Å². The highest BCUT2D eigenvalue weighted by Gasteiger charge is 2.18. The van der Waals surface area contributed by atoms with Gasteiger partial charge in [-0.2, -0.15) is 0 Å². The van der Waals surface area contributed by atoms with E-state index in [4.69, 9.17) is 9.47 Å². The largest absolute Gasteiger partial charge is 0.497 e. The fraction of sp³-hybridized carbons (Fsp3) is 0.308. The van der Waals surface area contributed by atoms with Gasteiger partial charge < -0.3 is 9.47 Å². The summed E-state index contributed by atoms with van der Waals surface area (Å²) in [6.07, 6.45) is 4.42. The summed E-state index contributed by atoms with van der Waals surface area (Å²) >= 11 is 0. The van der Waals surface area contributed by atoms with Crippen molar-refractivity contribution in [3.63, 3.8) is 0 Å². The number of halogens is 2. The Balaban J connectivity index is 0.00000181. The van der Waals surface area contributed by atoms with Crippen LogP contribution in [0.1, 0.15) is 11.1 Å². The maximum atomic E-state index is 5.67. The van der Waals surface area contributed by atoms with Crippen LogP contribution < -0.4 is 9.47 Å². The van der Waals surface area contributed by atoms with Crippen LogP contribution in [0.4, 0.5) is 0 Å². The summed E-state index contributed by atoms with van der Waals surface area (Å²) in [7, 11) is 3.47. The fourth-order valence-corrected chi connectivity index (χ4v) is 4.11. The van der Waals surface area contributed by atoms with E-state index in [1.54, 1.807) is 14.2 Å². The average Bonchev–Trinajstić information content (AvgIpc) is 2.80. The van der Waals surface area contributed by atoms with Gasteiger partial charge >= 0.3 is 0 Å². The number of methoxy groups -OCH3 is 2. The first-order chi connectivity index (χ1) is 14.8. The average molecular weight is 475 g/mol. The van der Waals surface area contributed by atoms with Crippen molar-refractivity contribution in [2.75, 3.05) is 46.9 Å². The number of hydrogen-bond donors (Lipinski definition) is 0. The molecular weight excluding hydrogens is 443 g/mol. The lowest BCUT2D eigenvalue weighted by Crippen LogP contribution is -2.45. The van der Waals surface area contributed by atoms with Crippen molar-refractivity contribution in [1.29, 1.82) is 0 Å². The van der Waals surface area contributed by atoms with Gasteiger partial charge in [0.05, 0.1) is 14.2 Å². The van der Waals surface area contributed by atoms with E-state index in [1.165, 1.54) is 21.9 Å². The second-order valence-corrected chi connectivity index (χ2v) is 7.72. The summed E-state index contributed by atoms with van der Waals surface area (Å²) in [6.45, 7) is 6.20. The van der Waals surface area contributed by atoms with Crippen molar-refractivity contribution in [2.45, 2.75) is 6.54 Å². The molecule has 4 nitrogen and oxygen atoms in total. The minimum Gasteiger partial charge on any atom is -0.497 e. The molecule has 0 N–H and O–H groups in total. The monoisotopic (exact) mass is 474 g/mol. The zero-order valence-electron chi connectivity index (χ0n) is 18.7. The Morgan fingerprint density at radius 3 is 2.31 bits per heavy atom. The number of benzene rings is 3. The first-order valence-corrected chi connectivity index (χ1v) is 10.6. The number of fused-ring (bicyclic) bond motifs is 1. The Morgan fingerprint density at radius 1 is 0.812 bits per heavy atom. The molecule has 0 radical (unpaired) electrons. The number of piperazine rings is 1. The van der Waals surface area contributed by atoms with Gasteiger partial charge in [0, 0.05) is 44.8 Å². The molecule has 4 rings (SSSR count). The third kappa shape index (κ3) is 6.39. The lowest BCUT2D eigenvalue weighted by Gasteiger charge is -2.34. The molecule has 3 aromatic rings. The van der Waals surface area contributed by atoms with Crippen molar-refractivity contribution < 1.29 is 9.47 Å². The van der Waals surface area contributed by atoms with Crippen LogP contribution >= 0.6 is 24.8 Å². The van der Waals surface area contributed by atoms with E-state index in [2.05, 4.69) is 70.5 Å². The molecule has 0 amide bonds. The molecule has 1 saturated heterocycles. The van der Waals surface area contributed by atoms with Gasteiger partial charge in [-0.05, 0) is 34.5 Å². The first kappa shape index (κ1) is 26.0. The Bertz CT molecular complexity index is 1020. The zero-order chi connectivity index (χ0) is 20.8. The van der Waals surface area contributed by atoms with Crippen molar-refractivity contribution in [3.8, 4) is 11.5 Å². The topological polar surface area (TPSA) is 24.9 Å². The Morgan fingerprint density at radius 2 is 1.56 bits per heavy atom. The maximum Gasteiger partial charge on any atom is 0.123 e. The smallest absolute Gasteiger partial charge is 0.123 e. The van der Waals surface area contributed by atoms with Crippen LogP contribution in [0.25, 0.3) is 16.8 Å². The molecule has 6 heteroatoms. The van der Waals surface area contributed by atoms with Crippen molar-refractivity contribution in [1.82, 2.24) is 9.80 Å². The van der Waals surface area contributed by atoms with Crippen LogP contribution in [-0.2, 0) is 6.54 Å². The summed E-state index contributed by atoms with van der Waals surface area (Å²) in [6, 6.07) is 21.0. The summed E-state index contributed by atoms with van der Waals surface area (Å²) in [5, 5.41) is 2.56. The van der Waals surface area contributed by atoms with Gasteiger partial charge in [0.25, 0.3) is 0 Å². The molecule has 0 atom stereocenters. The first-order valence-electron chi connectivity index (χ1n) is 10.6. The molecule has 0 bridgehead atoms. The molecule has 1 aliphatic rings.